The van der Waals surface area contributed by atoms with Crippen LogP contribution in [-0.2, 0) is 0 Å². The van der Waals surface area contributed by atoms with Crippen molar-refractivity contribution < 1.29 is 4.79 Å². The van der Waals surface area contributed by atoms with Gasteiger partial charge in [0.2, 0.25) is 0 Å². The lowest BCUT2D eigenvalue weighted by molar-refractivity contribution is 0.0979. The molecular formula is C12H12BrNO. The van der Waals surface area contributed by atoms with E-state index in [-0.39, 0.29) is 5.78 Å². The lowest BCUT2D eigenvalue weighted by Crippen LogP contribution is -1.98. The lowest BCUT2D eigenvalue weighted by Gasteiger charge is -1.99. The molecule has 0 atom stereocenters. The van der Waals surface area contributed by atoms with Crippen LogP contribution in [-0.4, -0.2) is 5.78 Å². The highest BCUT2D eigenvalue weighted by atomic mass is 79.9. The minimum Gasteiger partial charge on any atom is -0.294 e. The van der Waals surface area contributed by atoms with Gasteiger partial charge in [0.15, 0.2) is 5.78 Å². The van der Waals surface area contributed by atoms with Crippen LogP contribution in [0.5, 0.6) is 0 Å². The SMILES string of the molecule is N#CCCCCC(=O)c1ccc(Br)cc1. The zero-order valence-corrected chi connectivity index (χ0v) is 9.96. The number of carbonyl (C=O) groups excluding carboxylic acids is 1. The van der Waals surface area contributed by atoms with Gasteiger partial charge in [0.05, 0.1) is 6.07 Å². The standard InChI is InChI=1S/C12H12BrNO/c13-11-7-5-10(6-8-11)12(15)4-2-1-3-9-14/h5-8H,1-4H2. The zero-order valence-electron chi connectivity index (χ0n) is 8.37. The number of Topliss-reactive ketones (excluding diaryl/α,β-unsaturated/α-hetero) is 1. The first kappa shape index (κ1) is 11.9. The number of hydrogen-bond donors (Lipinski definition) is 0. The molecule has 0 bridgehead atoms. The molecule has 0 aliphatic carbocycles. The number of unbranched alkanes of at least 4 members (excludes halogenated alkanes) is 2. The van der Waals surface area contributed by atoms with Gasteiger partial charge in [-0.25, -0.2) is 0 Å². The summed E-state index contributed by atoms with van der Waals surface area (Å²) in [5.41, 5.74) is 0.746. The first-order chi connectivity index (χ1) is 7.24. The number of carbonyl (C=O) groups is 1. The molecule has 0 spiro atoms. The number of benzene rings is 1. The largest absolute Gasteiger partial charge is 0.294 e. The van der Waals surface area contributed by atoms with Crippen LogP contribution in [0, 0.1) is 11.3 Å². The average Bonchev–Trinajstić information content (AvgIpc) is 2.25. The first-order valence-electron chi connectivity index (χ1n) is 4.90. The van der Waals surface area contributed by atoms with Crippen molar-refractivity contribution in [3.05, 3.63) is 34.3 Å². The van der Waals surface area contributed by atoms with Gasteiger partial charge in [-0.3, -0.25) is 4.79 Å². The highest BCUT2D eigenvalue weighted by Gasteiger charge is 2.04. The molecule has 0 aliphatic heterocycles. The van der Waals surface area contributed by atoms with E-state index in [4.69, 9.17) is 5.26 Å². The maximum absolute atomic E-state index is 11.6. The Morgan fingerprint density at radius 1 is 1.27 bits per heavy atom. The van der Waals surface area contributed by atoms with Crippen LogP contribution in [0.25, 0.3) is 0 Å². The molecule has 0 aliphatic rings. The summed E-state index contributed by atoms with van der Waals surface area (Å²) in [6.45, 7) is 0. The summed E-state index contributed by atoms with van der Waals surface area (Å²) in [6, 6.07) is 9.43. The summed E-state index contributed by atoms with van der Waals surface area (Å²) < 4.78 is 0.975. The first-order valence-corrected chi connectivity index (χ1v) is 5.69. The maximum Gasteiger partial charge on any atom is 0.162 e. The van der Waals surface area contributed by atoms with Crippen LogP contribution in [0.2, 0.25) is 0 Å². The highest BCUT2D eigenvalue weighted by Crippen LogP contribution is 2.13. The summed E-state index contributed by atoms with van der Waals surface area (Å²) in [5, 5.41) is 8.34. The van der Waals surface area contributed by atoms with Crippen molar-refractivity contribution in [2.75, 3.05) is 0 Å². The smallest absolute Gasteiger partial charge is 0.162 e. The van der Waals surface area contributed by atoms with Crippen molar-refractivity contribution in [3.8, 4) is 6.07 Å². The average molecular weight is 266 g/mol. The third kappa shape index (κ3) is 4.26. The fraction of sp³-hybridized carbons (Fsp3) is 0.333. The minimum absolute atomic E-state index is 0.153. The molecule has 0 fully saturated rings. The fourth-order valence-corrected chi connectivity index (χ4v) is 1.53. The van der Waals surface area contributed by atoms with Crippen LogP contribution in [0.3, 0.4) is 0 Å². The molecule has 0 saturated heterocycles. The summed E-state index contributed by atoms with van der Waals surface area (Å²) >= 11 is 3.32. The van der Waals surface area contributed by atoms with E-state index in [1.807, 2.05) is 24.3 Å². The van der Waals surface area contributed by atoms with E-state index < -0.39 is 0 Å². The maximum atomic E-state index is 11.6. The third-order valence-electron chi connectivity index (χ3n) is 2.11. The van der Waals surface area contributed by atoms with Crippen molar-refractivity contribution in [2.45, 2.75) is 25.7 Å². The van der Waals surface area contributed by atoms with E-state index >= 15 is 0 Å². The minimum atomic E-state index is 0.153. The van der Waals surface area contributed by atoms with Gasteiger partial charge in [0.25, 0.3) is 0 Å². The van der Waals surface area contributed by atoms with Gasteiger partial charge in [-0.15, -0.1) is 0 Å². The highest BCUT2D eigenvalue weighted by molar-refractivity contribution is 9.10. The van der Waals surface area contributed by atoms with E-state index in [1.165, 1.54) is 0 Å². The number of hydrogen-bond acceptors (Lipinski definition) is 2. The van der Waals surface area contributed by atoms with Gasteiger partial charge in [0.1, 0.15) is 0 Å². The Bertz CT molecular complexity index is 364. The molecule has 1 aromatic carbocycles. The quantitative estimate of drug-likeness (QED) is 0.602. The van der Waals surface area contributed by atoms with Crippen molar-refractivity contribution in [3.63, 3.8) is 0 Å². The van der Waals surface area contributed by atoms with Gasteiger partial charge in [0, 0.05) is 22.9 Å². The molecule has 0 aromatic heterocycles. The van der Waals surface area contributed by atoms with Crippen LogP contribution < -0.4 is 0 Å². The summed E-state index contributed by atoms with van der Waals surface area (Å²) in [7, 11) is 0. The second kappa shape index (κ2) is 6.36. The van der Waals surface area contributed by atoms with Gasteiger partial charge >= 0.3 is 0 Å². The Hall–Kier alpha value is -1.14. The summed E-state index contributed by atoms with van der Waals surface area (Å²) in [6.07, 6.45) is 2.66. The van der Waals surface area contributed by atoms with E-state index in [2.05, 4.69) is 22.0 Å². The Kier molecular flexibility index (Phi) is 5.06. The van der Waals surface area contributed by atoms with Crippen LogP contribution in [0.4, 0.5) is 0 Å². The zero-order chi connectivity index (χ0) is 11.1. The van der Waals surface area contributed by atoms with E-state index in [1.54, 1.807) is 0 Å². The number of nitrogens with zero attached hydrogens (tertiary/aromatic N) is 1. The second-order valence-corrected chi connectivity index (χ2v) is 4.21. The third-order valence-corrected chi connectivity index (χ3v) is 2.64. The van der Waals surface area contributed by atoms with Gasteiger partial charge in [-0.1, -0.05) is 28.1 Å². The Morgan fingerprint density at radius 3 is 2.53 bits per heavy atom. The van der Waals surface area contributed by atoms with Crippen molar-refractivity contribution in [2.24, 2.45) is 0 Å². The fourth-order valence-electron chi connectivity index (χ4n) is 1.27. The normalized spacial score (nSPS) is 9.60. The number of rotatable bonds is 5. The van der Waals surface area contributed by atoms with Crippen molar-refractivity contribution in [1.82, 2.24) is 0 Å². The van der Waals surface area contributed by atoms with E-state index in [0.717, 1.165) is 22.9 Å². The monoisotopic (exact) mass is 265 g/mol. The Labute approximate surface area is 98.0 Å². The molecule has 1 rings (SSSR count). The Balaban J connectivity index is 2.41. The van der Waals surface area contributed by atoms with Gasteiger partial charge in [-0.05, 0) is 25.0 Å². The second-order valence-electron chi connectivity index (χ2n) is 3.30. The number of halogens is 1. The number of nitriles is 1. The molecule has 0 saturated carbocycles. The molecule has 0 N–H and O–H groups in total. The van der Waals surface area contributed by atoms with Crippen molar-refractivity contribution >= 4 is 21.7 Å². The summed E-state index contributed by atoms with van der Waals surface area (Å²) in [4.78, 5) is 11.6. The molecule has 0 heterocycles. The predicted octanol–water partition coefficient (Wildman–Crippen LogP) is 3.72. The molecule has 15 heavy (non-hydrogen) atoms. The molecule has 1 aromatic rings. The molecule has 2 nitrogen and oxygen atoms in total. The molecule has 0 radical (unpaired) electrons. The molecular weight excluding hydrogens is 254 g/mol. The van der Waals surface area contributed by atoms with Gasteiger partial charge < -0.3 is 0 Å². The van der Waals surface area contributed by atoms with Crippen LogP contribution in [0.15, 0.2) is 28.7 Å². The van der Waals surface area contributed by atoms with Crippen molar-refractivity contribution in [1.29, 1.82) is 5.26 Å². The number of ketones is 1. The van der Waals surface area contributed by atoms with E-state index in [0.29, 0.717) is 12.8 Å². The molecule has 0 amide bonds. The van der Waals surface area contributed by atoms with Crippen LogP contribution >= 0.6 is 15.9 Å². The molecule has 0 unspecified atom stereocenters. The van der Waals surface area contributed by atoms with E-state index in [9.17, 15) is 4.79 Å². The predicted molar refractivity (Wildman–Crippen MR) is 62.6 cm³/mol. The molecule has 78 valence electrons. The van der Waals surface area contributed by atoms with Gasteiger partial charge in [-0.2, -0.15) is 5.26 Å². The Morgan fingerprint density at radius 2 is 1.93 bits per heavy atom. The topological polar surface area (TPSA) is 40.9 Å². The lowest BCUT2D eigenvalue weighted by atomic mass is 10.1. The summed E-state index contributed by atoms with van der Waals surface area (Å²) in [5.74, 6) is 0.153. The molecule has 3 heteroatoms. The van der Waals surface area contributed by atoms with Crippen LogP contribution in [0.1, 0.15) is 36.0 Å².